The van der Waals surface area contributed by atoms with Crippen molar-refractivity contribution < 1.29 is 10.2 Å². The highest BCUT2D eigenvalue weighted by Gasteiger charge is 2.19. The Labute approximate surface area is 174 Å². The summed E-state index contributed by atoms with van der Waals surface area (Å²) in [6.07, 6.45) is 2.09. The van der Waals surface area contributed by atoms with E-state index in [-0.39, 0.29) is 28.5 Å². The van der Waals surface area contributed by atoms with Crippen LogP contribution >= 0.6 is 17.0 Å². The molecule has 4 N–H and O–H groups in total. The van der Waals surface area contributed by atoms with E-state index in [0.29, 0.717) is 17.6 Å². The number of phenolic OH excluding ortho intramolecular Hbond substituents is 2. The maximum absolute atomic E-state index is 9.73. The van der Waals surface area contributed by atoms with Crippen LogP contribution in [0.2, 0.25) is 0 Å². The van der Waals surface area contributed by atoms with Crippen molar-refractivity contribution in [1.82, 2.24) is 15.3 Å². The fourth-order valence-electron chi connectivity index (χ4n) is 3.34. The molecule has 28 heavy (non-hydrogen) atoms. The lowest BCUT2D eigenvalue weighted by Gasteiger charge is -2.23. The van der Waals surface area contributed by atoms with E-state index in [9.17, 15) is 10.2 Å². The van der Waals surface area contributed by atoms with Crippen LogP contribution in [-0.2, 0) is 0 Å². The minimum absolute atomic E-state index is 0. The number of benzene rings is 2. The number of halogens is 1. The van der Waals surface area contributed by atoms with Gasteiger partial charge in [0.1, 0.15) is 0 Å². The summed E-state index contributed by atoms with van der Waals surface area (Å²) in [6, 6.07) is 16.7. The predicted molar refractivity (Wildman–Crippen MR) is 116 cm³/mol. The molecule has 146 valence electrons. The number of nitrogens with one attached hydrogen (secondary N) is 2. The van der Waals surface area contributed by atoms with Gasteiger partial charge in [-0.05, 0) is 44.1 Å². The highest BCUT2D eigenvalue weighted by atomic mass is 79.9. The minimum atomic E-state index is -0.183. The van der Waals surface area contributed by atoms with E-state index >= 15 is 0 Å². The number of aromatic nitrogens is 2. The number of anilines is 2. The van der Waals surface area contributed by atoms with Crippen molar-refractivity contribution in [3.05, 3.63) is 60.3 Å². The van der Waals surface area contributed by atoms with Gasteiger partial charge in [0, 0.05) is 28.9 Å². The minimum Gasteiger partial charge on any atom is -0.504 e. The first kappa shape index (κ1) is 20.1. The molecule has 0 radical (unpaired) electrons. The molecule has 0 amide bonds. The number of hydrogen-bond acceptors (Lipinski definition) is 6. The van der Waals surface area contributed by atoms with Crippen molar-refractivity contribution in [3.63, 3.8) is 0 Å². The first-order chi connectivity index (χ1) is 13.2. The van der Waals surface area contributed by atoms with Gasteiger partial charge < -0.3 is 20.8 Å². The molecule has 0 saturated carbocycles. The van der Waals surface area contributed by atoms with Gasteiger partial charge >= 0.3 is 0 Å². The average molecular weight is 443 g/mol. The second kappa shape index (κ2) is 9.03. The van der Waals surface area contributed by atoms with Crippen LogP contribution in [0.5, 0.6) is 11.5 Å². The third-order valence-electron chi connectivity index (χ3n) is 4.80. The van der Waals surface area contributed by atoms with Crippen molar-refractivity contribution in [2.75, 3.05) is 18.4 Å². The van der Waals surface area contributed by atoms with E-state index in [0.717, 1.165) is 42.9 Å². The van der Waals surface area contributed by atoms with Crippen LogP contribution in [0.4, 0.5) is 11.6 Å². The van der Waals surface area contributed by atoms with Crippen LogP contribution in [0.3, 0.4) is 0 Å². The molecule has 2 aromatic carbocycles. The molecule has 0 atom stereocenters. The Hall–Kier alpha value is -2.64. The molecular weight excluding hydrogens is 420 g/mol. The Morgan fingerprint density at radius 3 is 2.36 bits per heavy atom. The Kier molecular flexibility index (Phi) is 6.49. The molecule has 1 aliphatic heterocycles. The van der Waals surface area contributed by atoms with Crippen LogP contribution in [-0.4, -0.2) is 33.3 Å². The lowest BCUT2D eigenvalue weighted by molar-refractivity contribution is 0.404. The predicted octanol–water partition coefficient (Wildman–Crippen LogP) is 4.34. The molecule has 0 aliphatic carbocycles. The largest absolute Gasteiger partial charge is 0.504 e. The van der Waals surface area contributed by atoms with Gasteiger partial charge in [0.25, 0.3) is 0 Å². The summed E-state index contributed by atoms with van der Waals surface area (Å²) in [5, 5.41) is 25.8. The Balaban J connectivity index is 0.00000225. The van der Waals surface area contributed by atoms with Crippen molar-refractivity contribution in [3.8, 4) is 22.8 Å². The molecule has 6 nitrogen and oxygen atoms in total. The van der Waals surface area contributed by atoms with Gasteiger partial charge in [-0.15, -0.1) is 17.0 Å². The summed E-state index contributed by atoms with van der Waals surface area (Å²) in [7, 11) is 0. The van der Waals surface area contributed by atoms with Gasteiger partial charge in [0.15, 0.2) is 11.5 Å². The number of piperidine rings is 1. The second-order valence-electron chi connectivity index (χ2n) is 6.72. The Morgan fingerprint density at radius 2 is 1.64 bits per heavy atom. The zero-order chi connectivity index (χ0) is 18.6. The maximum atomic E-state index is 9.73. The van der Waals surface area contributed by atoms with Crippen LogP contribution in [0.25, 0.3) is 11.3 Å². The van der Waals surface area contributed by atoms with Crippen LogP contribution in [0.1, 0.15) is 24.5 Å². The van der Waals surface area contributed by atoms with E-state index in [1.54, 1.807) is 6.07 Å². The Bertz CT molecular complexity index is 931. The molecule has 1 aromatic heterocycles. The van der Waals surface area contributed by atoms with Crippen LogP contribution in [0.15, 0.2) is 54.6 Å². The molecule has 3 aromatic rings. The van der Waals surface area contributed by atoms with E-state index in [1.807, 2.05) is 30.3 Å². The van der Waals surface area contributed by atoms with Crippen LogP contribution in [0, 0.1) is 0 Å². The van der Waals surface area contributed by atoms with Crippen molar-refractivity contribution >= 4 is 28.6 Å². The number of rotatable bonds is 4. The number of hydrogen-bond donors (Lipinski definition) is 4. The first-order valence-electron chi connectivity index (χ1n) is 9.13. The first-order valence-corrected chi connectivity index (χ1v) is 9.13. The highest BCUT2D eigenvalue weighted by molar-refractivity contribution is 8.93. The number of phenols is 2. The average Bonchev–Trinajstić information content (AvgIpc) is 2.72. The molecule has 2 heterocycles. The van der Waals surface area contributed by atoms with E-state index in [1.165, 1.54) is 12.1 Å². The molecule has 0 spiro atoms. The topological polar surface area (TPSA) is 90.3 Å². The molecule has 0 unspecified atom stereocenters. The van der Waals surface area contributed by atoms with E-state index in [2.05, 4.69) is 21.7 Å². The molecule has 7 heteroatoms. The van der Waals surface area contributed by atoms with Crippen molar-refractivity contribution in [2.45, 2.75) is 18.8 Å². The van der Waals surface area contributed by atoms with Crippen molar-refractivity contribution in [2.24, 2.45) is 0 Å². The standard InChI is InChI=1S/C21H22N4O2.BrH/c26-19-7-6-16(12-20(19)27)23-21-24-17(14-4-2-1-3-5-14)13-18(25-21)15-8-10-22-11-9-15;/h1-7,12-13,15,22,26-27H,8-11H2,(H,23,24,25);1H. The molecule has 1 saturated heterocycles. The van der Waals surface area contributed by atoms with Gasteiger partial charge in [-0.2, -0.15) is 0 Å². The lowest BCUT2D eigenvalue weighted by Crippen LogP contribution is -2.27. The van der Waals surface area contributed by atoms with Gasteiger partial charge in [-0.3, -0.25) is 0 Å². The van der Waals surface area contributed by atoms with Gasteiger partial charge in [0.05, 0.1) is 5.69 Å². The fourth-order valence-corrected chi connectivity index (χ4v) is 3.34. The van der Waals surface area contributed by atoms with Crippen LogP contribution < -0.4 is 10.6 Å². The quantitative estimate of drug-likeness (QED) is 0.354. The number of nitrogens with zero attached hydrogens (tertiary/aromatic N) is 2. The van der Waals surface area contributed by atoms with Gasteiger partial charge in [-0.25, -0.2) is 9.97 Å². The SMILES string of the molecule is Br.Oc1ccc(Nc2nc(-c3ccccc3)cc(C3CCNCC3)n2)cc1O. The second-order valence-corrected chi connectivity index (χ2v) is 6.72. The summed E-state index contributed by atoms with van der Waals surface area (Å²) < 4.78 is 0. The highest BCUT2D eigenvalue weighted by Crippen LogP contribution is 2.31. The third kappa shape index (κ3) is 4.61. The lowest BCUT2D eigenvalue weighted by atomic mass is 9.93. The molecule has 4 rings (SSSR count). The molecule has 1 fully saturated rings. The normalized spacial score (nSPS) is 14.3. The van der Waals surface area contributed by atoms with Crippen molar-refractivity contribution in [1.29, 1.82) is 0 Å². The summed E-state index contributed by atoms with van der Waals surface area (Å²) in [5.74, 6) is 0.535. The molecule has 0 bridgehead atoms. The van der Waals surface area contributed by atoms with E-state index in [4.69, 9.17) is 4.98 Å². The maximum Gasteiger partial charge on any atom is 0.228 e. The molecule has 1 aliphatic rings. The Morgan fingerprint density at radius 1 is 0.893 bits per heavy atom. The third-order valence-corrected chi connectivity index (χ3v) is 4.80. The summed E-state index contributed by atoms with van der Waals surface area (Å²) >= 11 is 0. The zero-order valence-electron chi connectivity index (χ0n) is 15.3. The summed E-state index contributed by atoms with van der Waals surface area (Å²) in [5.41, 5.74) is 3.54. The molecular formula is C21H23BrN4O2. The smallest absolute Gasteiger partial charge is 0.228 e. The summed E-state index contributed by atoms with van der Waals surface area (Å²) in [4.78, 5) is 9.40. The summed E-state index contributed by atoms with van der Waals surface area (Å²) in [6.45, 7) is 1.98. The number of aromatic hydroxyl groups is 2. The van der Waals surface area contributed by atoms with Gasteiger partial charge in [-0.1, -0.05) is 30.3 Å². The monoisotopic (exact) mass is 442 g/mol. The fraction of sp³-hybridized carbons (Fsp3) is 0.238. The zero-order valence-corrected chi connectivity index (χ0v) is 17.0. The van der Waals surface area contributed by atoms with Gasteiger partial charge in [0.2, 0.25) is 5.95 Å². The van der Waals surface area contributed by atoms with E-state index < -0.39 is 0 Å².